The zero-order valence-corrected chi connectivity index (χ0v) is 27.2. The molecule has 0 atom stereocenters. The molecule has 0 saturated heterocycles. The zero-order chi connectivity index (χ0) is 18.0. The van der Waals surface area contributed by atoms with Crippen molar-refractivity contribution in [1.82, 2.24) is 0 Å². The third-order valence-corrected chi connectivity index (χ3v) is 0. The molecule has 0 aromatic rings. The summed E-state index contributed by atoms with van der Waals surface area (Å²) in [5.74, 6) is 0. The predicted molar refractivity (Wildman–Crippen MR) is 47.0 cm³/mol. The second-order valence-corrected chi connectivity index (χ2v) is 5.08. The maximum absolute atomic E-state index is 8.66. The van der Waals surface area contributed by atoms with Gasteiger partial charge in [-0.05, 0) is 0 Å². The Morgan fingerprint density at radius 3 is 0.640 bits per heavy atom. The van der Waals surface area contributed by atoms with Crippen LogP contribution in [0.15, 0.2) is 0 Å². The molecule has 0 saturated carbocycles. The smallest absolute Gasteiger partial charge is 0.790 e. The van der Waals surface area contributed by atoms with E-state index in [9.17, 15) is 0 Å². The minimum absolute atomic E-state index is 0. The van der Waals surface area contributed by atoms with E-state index in [-0.39, 0.29) is 162 Å². The topological polar surface area (TPSA) is 324 Å². The van der Waals surface area contributed by atoms with Crippen molar-refractivity contribution >= 4 is 62.1 Å². The Labute approximate surface area is 267 Å². The van der Waals surface area contributed by atoms with Crippen LogP contribution in [0, 0.1) is 0 Å². The fourth-order valence-electron chi connectivity index (χ4n) is 0. The summed E-state index contributed by atoms with van der Waals surface area (Å²) >= 11 is 0. The molecular formula is HK2MgMnO16PS3Zn. The number of phosphoric acid groups is 1. The molecule has 25 heteroatoms. The minimum Gasteiger partial charge on any atom is -0.790 e. The molecule has 0 aliphatic carbocycles. The summed E-state index contributed by atoms with van der Waals surface area (Å²) in [4.78, 5) is 24.3. The van der Waals surface area contributed by atoms with Gasteiger partial charge >= 0.3 is 162 Å². The van der Waals surface area contributed by atoms with Crippen molar-refractivity contribution in [2.45, 2.75) is 0 Å². The third kappa shape index (κ3) is 871. The standard InChI is InChI=1S/2K.Mg.Mn.H3O4P.3H2O4S.Zn/c;;;;4*1-5(2,3)4;/h;;;;(H3,1,2,3,4);3*(H2,1,2,3,4);/q2*+1;2*+2;;;;;+2/p-8. The van der Waals surface area contributed by atoms with E-state index < -0.39 is 39.0 Å². The molecule has 0 unspecified atom stereocenters. The van der Waals surface area contributed by atoms with Crippen molar-refractivity contribution < 1.29 is 211 Å². The van der Waals surface area contributed by atoms with Gasteiger partial charge in [0.15, 0.2) is 0 Å². The average Bonchev–Trinajstić information content (AvgIpc) is 1.62. The van der Waals surface area contributed by atoms with Crippen LogP contribution in [-0.2, 0) is 72.3 Å². The Hall–Kier alpha value is 4.90. The van der Waals surface area contributed by atoms with Gasteiger partial charge < -0.3 is 46.6 Å². The van der Waals surface area contributed by atoms with Crippen molar-refractivity contribution in [2.24, 2.45) is 0 Å². The fraction of sp³-hybridized carbons (Fsp3) is 0. The Kier molecular flexibility index (Phi) is 61.6. The molecular weight excluding hydrogens is 606 g/mol. The van der Waals surface area contributed by atoms with E-state index in [2.05, 4.69) is 0 Å². The summed E-state index contributed by atoms with van der Waals surface area (Å²) in [6.45, 7) is 0. The molecule has 0 spiro atoms. The maximum atomic E-state index is 8.66. The normalized spacial score (nSPS) is 9.32. The van der Waals surface area contributed by atoms with E-state index in [0.717, 1.165) is 0 Å². The van der Waals surface area contributed by atoms with Crippen LogP contribution >= 0.6 is 7.82 Å². The molecule has 0 aromatic carbocycles. The third-order valence-electron chi connectivity index (χ3n) is 0. The van der Waals surface area contributed by atoms with Gasteiger partial charge in [0.1, 0.15) is 0 Å². The van der Waals surface area contributed by atoms with E-state index in [1.807, 2.05) is 0 Å². The molecule has 1 radical (unpaired) electrons. The van der Waals surface area contributed by atoms with Crippen LogP contribution in [0.2, 0.25) is 0 Å². The zero-order valence-electron chi connectivity index (χ0n) is 12.0. The summed E-state index contributed by atoms with van der Waals surface area (Å²) in [5.41, 5.74) is 0. The SMILES string of the molecule is O=P([O-])([O-])O.O=S(=O)([O-])[O-].O=S(=O)([O-])[O-].O=S(=O)([O-])[O-].[K+].[K+].[Mg+2].[Mn+2].[Zn+2]. The van der Waals surface area contributed by atoms with E-state index in [1.165, 1.54) is 0 Å². The molecule has 0 bridgehead atoms. The van der Waals surface area contributed by atoms with Crippen LogP contribution < -0.4 is 113 Å². The maximum Gasteiger partial charge on any atom is 2.00 e. The summed E-state index contributed by atoms with van der Waals surface area (Å²) in [5, 5.41) is 0. The molecule has 25 heavy (non-hydrogen) atoms. The molecule has 133 valence electrons. The number of hydrogen-bond donors (Lipinski definition) is 1. The molecule has 0 amide bonds. The van der Waals surface area contributed by atoms with Crippen LogP contribution in [0.5, 0.6) is 0 Å². The van der Waals surface area contributed by atoms with Gasteiger partial charge in [0.2, 0.25) is 0 Å². The number of rotatable bonds is 0. The number of hydrogen-bond acceptors (Lipinski definition) is 15. The molecule has 0 aromatic heterocycles. The van der Waals surface area contributed by atoms with Gasteiger partial charge in [-0.3, -0.25) is 25.3 Å². The first kappa shape index (κ1) is 57.2. The Bertz CT molecular complexity index is 488. The van der Waals surface area contributed by atoms with Crippen LogP contribution in [0.4, 0.5) is 0 Å². The largest absolute Gasteiger partial charge is 2.00 e. The second kappa shape index (κ2) is 26.9. The monoisotopic (exact) mass is 605 g/mol. The summed E-state index contributed by atoms with van der Waals surface area (Å²) < 4.78 is 111. The van der Waals surface area contributed by atoms with Crippen LogP contribution in [0.3, 0.4) is 0 Å². The van der Waals surface area contributed by atoms with Crippen molar-refractivity contribution in [3.05, 3.63) is 0 Å². The molecule has 0 heterocycles. The van der Waals surface area contributed by atoms with Gasteiger partial charge in [0, 0.05) is 31.2 Å². The van der Waals surface area contributed by atoms with Crippen LogP contribution in [0.25, 0.3) is 0 Å². The molecule has 0 fully saturated rings. The van der Waals surface area contributed by atoms with E-state index in [1.54, 1.807) is 0 Å². The van der Waals surface area contributed by atoms with Gasteiger partial charge in [-0.2, -0.15) is 0 Å². The molecule has 0 aliphatic heterocycles. The van der Waals surface area contributed by atoms with E-state index >= 15 is 0 Å². The fourth-order valence-corrected chi connectivity index (χ4v) is 0. The Balaban J connectivity index is -0.0000000183. The first-order chi connectivity index (χ1) is 8.00. The van der Waals surface area contributed by atoms with E-state index in [0.29, 0.717) is 0 Å². The predicted octanol–water partition coefficient (Wildman–Crippen LogP) is -12.6. The molecule has 0 rings (SSSR count). The quantitative estimate of drug-likeness (QED) is 0.116. The van der Waals surface area contributed by atoms with Crippen LogP contribution in [0.1, 0.15) is 0 Å². The summed E-state index contributed by atoms with van der Waals surface area (Å²) in [7, 11) is -20.6. The Morgan fingerprint density at radius 1 is 0.640 bits per heavy atom. The summed E-state index contributed by atoms with van der Waals surface area (Å²) in [6, 6.07) is 0. The molecule has 0 aliphatic rings. The first-order valence-corrected chi connectivity index (χ1v) is 8.24. The van der Waals surface area contributed by atoms with Crippen molar-refractivity contribution in [3.63, 3.8) is 0 Å². The van der Waals surface area contributed by atoms with Gasteiger partial charge in [-0.25, -0.2) is 0 Å². The van der Waals surface area contributed by atoms with Gasteiger partial charge in [-0.15, -0.1) is 0 Å². The van der Waals surface area contributed by atoms with Gasteiger partial charge in [0.05, 0.1) is 7.82 Å². The average molecular weight is 607 g/mol. The van der Waals surface area contributed by atoms with Crippen molar-refractivity contribution in [3.8, 4) is 0 Å². The van der Waals surface area contributed by atoms with Crippen molar-refractivity contribution in [1.29, 1.82) is 0 Å². The molecule has 16 nitrogen and oxygen atoms in total. The Morgan fingerprint density at radius 2 is 0.640 bits per heavy atom. The van der Waals surface area contributed by atoms with Gasteiger partial charge in [0.25, 0.3) is 0 Å². The van der Waals surface area contributed by atoms with E-state index in [4.69, 9.17) is 71.8 Å². The second-order valence-electron chi connectivity index (χ2n) is 1.69. The van der Waals surface area contributed by atoms with Crippen molar-refractivity contribution in [2.75, 3.05) is 0 Å². The first-order valence-electron chi connectivity index (χ1n) is 2.75. The van der Waals surface area contributed by atoms with Gasteiger partial charge in [-0.1, -0.05) is 0 Å². The summed E-state index contributed by atoms with van der Waals surface area (Å²) in [6.07, 6.45) is 0. The molecule has 1 N–H and O–H groups in total. The van der Waals surface area contributed by atoms with Crippen LogP contribution in [-0.4, -0.2) is 80.5 Å². The minimum atomic E-state index is -5.17.